The number of nitrogens with one attached hydrogen (secondary N) is 1. The van der Waals surface area contributed by atoms with Crippen molar-refractivity contribution in [3.63, 3.8) is 0 Å². The van der Waals surface area contributed by atoms with Gasteiger partial charge in [0.2, 0.25) is 0 Å². The maximum Gasteiger partial charge on any atom is 0.127 e. The summed E-state index contributed by atoms with van der Waals surface area (Å²) in [5.74, 6) is 1.11. The molecule has 1 unspecified atom stereocenters. The number of fused-ring (bicyclic) bond motifs is 1. The molecule has 0 saturated heterocycles. The predicted octanol–water partition coefficient (Wildman–Crippen LogP) is 2.67. The SMILES string of the molecule is Cc1ccc2c(c1C)OCCC2NCCCN(C)C. The van der Waals surface area contributed by atoms with Crippen LogP contribution in [0.25, 0.3) is 0 Å². The first kappa shape index (κ1) is 14.4. The number of ether oxygens (including phenoxy) is 1. The Morgan fingerprint density at radius 2 is 2.11 bits per heavy atom. The highest BCUT2D eigenvalue weighted by Crippen LogP contribution is 2.35. The standard InChI is InChI=1S/C16H26N2O/c1-12-6-7-14-15(17-9-5-10-18(3)4)8-11-19-16(14)13(12)2/h6-7,15,17H,5,8-11H2,1-4H3. The van der Waals surface area contributed by atoms with Gasteiger partial charge in [0.1, 0.15) is 5.75 Å². The average molecular weight is 262 g/mol. The fraction of sp³-hybridized carbons (Fsp3) is 0.625. The van der Waals surface area contributed by atoms with Gasteiger partial charge in [-0.05, 0) is 58.6 Å². The lowest BCUT2D eigenvalue weighted by Crippen LogP contribution is -2.29. The van der Waals surface area contributed by atoms with E-state index in [1.165, 1.54) is 23.1 Å². The minimum absolute atomic E-state index is 0.449. The Labute approximate surface area is 116 Å². The first-order valence-electron chi connectivity index (χ1n) is 7.20. The molecule has 0 spiro atoms. The lowest BCUT2D eigenvalue weighted by Gasteiger charge is -2.29. The van der Waals surface area contributed by atoms with Crippen LogP contribution < -0.4 is 10.1 Å². The summed E-state index contributed by atoms with van der Waals surface area (Å²) in [6, 6.07) is 4.88. The molecule has 3 nitrogen and oxygen atoms in total. The van der Waals surface area contributed by atoms with Gasteiger partial charge in [-0.3, -0.25) is 0 Å². The zero-order chi connectivity index (χ0) is 13.8. The summed E-state index contributed by atoms with van der Waals surface area (Å²) >= 11 is 0. The van der Waals surface area contributed by atoms with E-state index in [-0.39, 0.29) is 0 Å². The van der Waals surface area contributed by atoms with E-state index >= 15 is 0 Å². The van der Waals surface area contributed by atoms with Crippen LogP contribution in [0.4, 0.5) is 0 Å². The van der Waals surface area contributed by atoms with Gasteiger partial charge in [-0.15, -0.1) is 0 Å². The Kier molecular flexibility index (Phi) is 4.83. The van der Waals surface area contributed by atoms with Crippen LogP contribution in [-0.2, 0) is 0 Å². The van der Waals surface area contributed by atoms with Gasteiger partial charge in [0, 0.05) is 18.0 Å². The maximum absolute atomic E-state index is 5.86. The van der Waals surface area contributed by atoms with E-state index in [4.69, 9.17) is 4.74 Å². The van der Waals surface area contributed by atoms with E-state index < -0.39 is 0 Å². The van der Waals surface area contributed by atoms with Gasteiger partial charge in [0.15, 0.2) is 0 Å². The summed E-state index contributed by atoms with van der Waals surface area (Å²) in [6.45, 7) is 7.32. The lowest BCUT2D eigenvalue weighted by atomic mass is 9.95. The quantitative estimate of drug-likeness (QED) is 0.826. The Hall–Kier alpha value is -1.06. The zero-order valence-electron chi connectivity index (χ0n) is 12.6. The molecule has 0 saturated carbocycles. The van der Waals surface area contributed by atoms with Crippen molar-refractivity contribution in [2.75, 3.05) is 33.8 Å². The first-order chi connectivity index (χ1) is 9.09. The molecular weight excluding hydrogens is 236 g/mol. The van der Waals surface area contributed by atoms with Crippen LogP contribution in [0.2, 0.25) is 0 Å². The molecule has 0 fully saturated rings. The van der Waals surface area contributed by atoms with Crippen molar-refractivity contribution in [3.05, 3.63) is 28.8 Å². The molecule has 19 heavy (non-hydrogen) atoms. The van der Waals surface area contributed by atoms with E-state index in [2.05, 4.69) is 50.3 Å². The highest BCUT2D eigenvalue weighted by molar-refractivity contribution is 5.47. The normalized spacial score (nSPS) is 18.3. The van der Waals surface area contributed by atoms with E-state index in [0.29, 0.717) is 6.04 Å². The number of benzene rings is 1. The van der Waals surface area contributed by atoms with Crippen LogP contribution in [0.15, 0.2) is 12.1 Å². The van der Waals surface area contributed by atoms with Crippen LogP contribution in [0.5, 0.6) is 5.75 Å². The summed E-state index contributed by atoms with van der Waals surface area (Å²) in [7, 11) is 4.24. The monoisotopic (exact) mass is 262 g/mol. The Morgan fingerprint density at radius 1 is 1.32 bits per heavy atom. The van der Waals surface area contributed by atoms with Gasteiger partial charge in [-0.25, -0.2) is 0 Å². The maximum atomic E-state index is 5.86. The summed E-state index contributed by atoms with van der Waals surface area (Å²) in [6.07, 6.45) is 2.25. The molecule has 1 aromatic carbocycles. The molecule has 0 aliphatic carbocycles. The first-order valence-corrected chi connectivity index (χ1v) is 7.20. The molecule has 1 heterocycles. The van der Waals surface area contributed by atoms with Gasteiger partial charge in [-0.2, -0.15) is 0 Å². The second-order valence-electron chi connectivity index (χ2n) is 5.73. The molecule has 0 aromatic heterocycles. The van der Waals surface area contributed by atoms with Crippen molar-refractivity contribution >= 4 is 0 Å². The molecule has 1 aliphatic heterocycles. The number of hydrogen-bond acceptors (Lipinski definition) is 3. The van der Waals surface area contributed by atoms with Crippen molar-refractivity contribution in [1.82, 2.24) is 10.2 Å². The number of nitrogens with zero attached hydrogens (tertiary/aromatic N) is 1. The molecule has 0 amide bonds. The van der Waals surface area contributed by atoms with Crippen LogP contribution >= 0.6 is 0 Å². The molecule has 0 bridgehead atoms. The van der Waals surface area contributed by atoms with Crippen LogP contribution in [-0.4, -0.2) is 38.7 Å². The van der Waals surface area contributed by atoms with Gasteiger partial charge < -0.3 is 15.0 Å². The minimum Gasteiger partial charge on any atom is -0.493 e. The molecule has 3 heteroatoms. The average Bonchev–Trinajstić information content (AvgIpc) is 2.39. The smallest absolute Gasteiger partial charge is 0.127 e. The molecule has 2 rings (SSSR count). The number of rotatable bonds is 5. The molecular formula is C16H26N2O. The van der Waals surface area contributed by atoms with E-state index in [0.717, 1.165) is 31.9 Å². The largest absolute Gasteiger partial charge is 0.493 e. The highest BCUT2D eigenvalue weighted by atomic mass is 16.5. The lowest BCUT2D eigenvalue weighted by molar-refractivity contribution is 0.249. The second kappa shape index (κ2) is 6.40. The van der Waals surface area contributed by atoms with Gasteiger partial charge >= 0.3 is 0 Å². The second-order valence-corrected chi connectivity index (χ2v) is 5.73. The minimum atomic E-state index is 0.449. The van der Waals surface area contributed by atoms with E-state index in [1.54, 1.807) is 0 Å². The van der Waals surface area contributed by atoms with Crippen molar-refractivity contribution in [2.24, 2.45) is 0 Å². The topological polar surface area (TPSA) is 24.5 Å². The van der Waals surface area contributed by atoms with E-state index in [1.807, 2.05) is 0 Å². The molecule has 1 aromatic rings. The third-order valence-corrected chi connectivity index (χ3v) is 3.91. The zero-order valence-corrected chi connectivity index (χ0v) is 12.6. The summed E-state index contributed by atoms with van der Waals surface area (Å²) < 4.78 is 5.86. The fourth-order valence-corrected chi connectivity index (χ4v) is 2.59. The van der Waals surface area contributed by atoms with Gasteiger partial charge in [0.05, 0.1) is 6.61 Å². The van der Waals surface area contributed by atoms with E-state index in [9.17, 15) is 0 Å². The van der Waals surface area contributed by atoms with Gasteiger partial charge in [0.25, 0.3) is 0 Å². The fourth-order valence-electron chi connectivity index (χ4n) is 2.59. The number of hydrogen-bond donors (Lipinski definition) is 1. The molecule has 1 N–H and O–H groups in total. The third-order valence-electron chi connectivity index (χ3n) is 3.91. The van der Waals surface area contributed by atoms with Crippen molar-refractivity contribution < 1.29 is 4.74 Å². The molecule has 106 valence electrons. The Balaban J connectivity index is 2.00. The molecule has 0 radical (unpaired) electrons. The molecule has 1 atom stereocenters. The highest BCUT2D eigenvalue weighted by Gasteiger charge is 2.22. The predicted molar refractivity (Wildman–Crippen MR) is 79.9 cm³/mol. The Morgan fingerprint density at radius 3 is 2.84 bits per heavy atom. The van der Waals surface area contributed by atoms with Crippen LogP contribution in [0, 0.1) is 13.8 Å². The summed E-state index contributed by atoms with van der Waals surface area (Å²) in [5, 5.41) is 3.67. The van der Waals surface area contributed by atoms with Gasteiger partial charge in [-0.1, -0.05) is 12.1 Å². The Bertz CT molecular complexity index is 429. The summed E-state index contributed by atoms with van der Waals surface area (Å²) in [5.41, 5.74) is 3.93. The van der Waals surface area contributed by atoms with Crippen LogP contribution in [0.1, 0.15) is 35.6 Å². The summed E-state index contributed by atoms with van der Waals surface area (Å²) in [4.78, 5) is 2.23. The van der Waals surface area contributed by atoms with Crippen molar-refractivity contribution in [1.29, 1.82) is 0 Å². The van der Waals surface area contributed by atoms with Crippen LogP contribution in [0.3, 0.4) is 0 Å². The van der Waals surface area contributed by atoms with Crippen molar-refractivity contribution in [2.45, 2.75) is 32.7 Å². The third kappa shape index (κ3) is 3.48. The number of aryl methyl sites for hydroxylation is 1. The molecule has 1 aliphatic rings. The van der Waals surface area contributed by atoms with Crippen molar-refractivity contribution in [3.8, 4) is 5.75 Å².